The molecule has 25 heavy (non-hydrogen) atoms. The van der Waals surface area contributed by atoms with Crippen LogP contribution in [0.5, 0.6) is 5.75 Å². The minimum absolute atomic E-state index is 0.164. The molecule has 2 aromatic carbocycles. The third-order valence-electron chi connectivity index (χ3n) is 3.24. The molecule has 0 radical (unpaired) electrons. The number of benzene rings is 2. The minimum Gasteiger partial charge on any atom is -0.497 e. The van der Waals surface area contributed by atoms with Crippen LogP contribution in [0, 0.1) is 11.6 Å². The van der Waals surface area contributed by atoms with Crippen LogP contribution in [0.4, 0.5) is 14.5 Å². The first-order chi connectivity index (χ1) is 11.8. The first kappa shape index (κ1) is 18.7. The van der Waals surface area contributed by atoms with Gasteiger partial charge in [-0.2, -0.15) is 0 Å². The molecule has 5 nitrogen and oxygen atoms in total. The quantitative estimate of drug-likeness (QED) is 0.814. The van der Waals surface area contributed by atoms with Crippen molar-refractivity contribution in [3.8, 4) is 5.75 Å². The normalized spacial score (nSPS) is 11.6. The van der Waals surface area contributed by atoms with Crippen LogP contribution in [0.25, 0.3) is 0 Å². The molecule has 0 aromatic heterocycles. The Morgan fingerprint density at radius 2 is 1.84 bits per heavy atom. The van der Waals surface area contributed by atoms with E-state index in [1.807, 2.05) is 0 Å². The summed E-state index contributed by atoms with van der Waals surface area (Å²) >= 11 is 5.62. The van der Waals surface area contributed by atoms with E-state index in [-0.39, 0.29) is 22.0 Å². The molecule has 0 aliphatic carbocycles. The van der Waals surface area contributed by atoms with Crippen molar-refractivity contribution >= 4 is 29.2 Å². The Kier molecular flexibility index (Phi) is 5.93. The lowest BCUT2D eigenvalue weighted by atomic mass is 10.2. The van der Waals surface area contributed by atoms with Gasteiger partial charge < -0.3 is 14.8 Å². The third kappa shape index (κ3) is 4.67. The number of rotatable bonds is 5. The van der Waals surface area contributed by atoms with E-state index in [9.17, 15) is 18.4 Å². The molecule has 132 valence electrons. The molecule has 0 bridgehead atoms. The number of ether oxygens (including phenoxy) is 2. The SMILES string of the molecule is COc1ccc(C(=O)O[C@@H](C)C(=O)Nc2ccc(F)c(Cl)c2)c(F)c1. The predicted octanol–water partition coefficient (Wildman–Crippen LogP) is 3.81. The summed E-state index contributed by atoms with van der Waals surface area (Å²) in [5.41, 5.74) is -0.0970. The van der Waals surface area contributed by atoms with Gasteiger partial charge in [0.15, 0.2) is 6.10 Å². The summed E-state index contributed by atoms with van der Waals surface area (Å²) in [6.45, 7) is 1.32. The molecule has 0 fully saturated rings. The van der Waals surface area contributed by atoms with Gasteiger partial charge in [0.1, 0.15) is 17.4 Å². The van der Waals surface area contributed by atoms with Gasteiger partial charge in [-0.05, 0) is 37.3 Å². The number of anilines is 1. The molecule has 0 aliphatic heterocycles. The highest BCUT2D eigenvalue weighted by Crippen LogP contribution is 2.20. The molecule has 2 rings (SSSR count). The first-order valence-electron chi connectivity index (χ1n) is 7.12. The molecule has 0 saturated carbocycles. The Labute approximate surface area is 147 Å². The summed E-state index contributed by atoms with van der Waals surface area (Å²) in [5.74, 6) is -2.89. The Morgan fingerprint density at radius 1 is 1.12 bits per heavy atom. The van der Waals surface area contributed by atoms with Gasteiger partial charge in [0, 0.05) is 11.8 Å². The van der Waals surface area contributed by atoms with Crippen molar-refractivity contribution in [2.24, 2.45) is 0 Å². The zero-order valence-electron chi connectivity index (χ0n) is 13.3. The van der Waals surface area contributed by atoms with Gasteiger partial charge >= 0.3 is 5.97 Å². The Hall–Kier alpha value is -2.67. The third-order valence-corrected chi connectivity index (χ3v) is 3.53. The van der Waals surface area contributed by atoms with Crippen LogP contribution in [0.2, 0.25) is 5.02 Å². The number of hydrogen-bond donors (Lipinski definition) is 1. The fourth-order valence-corrected chi connectivity index (χ4v) is 2.06. The summed E-state index contributed by atoms with van der Waals surface area (Å²) in [4.78, 5) is 24.0. The number of carbonyl (C=O) groups excluding carboxylic acids is 2. The Balaban J connectivity index is 2.02. The highest BCUT2D eigenvalue weighted by Gasteiger charge is 2.21. The molecule has 0 heterocycles. The van der Waals surface area contributed by atoms with E-state index in [0.717, 1.165) is 12.1 Å². The number of halogens is 3. The molecule has 1 amide bonds. The molecule has 0 saturated heterocycles. The van der Waals surface area contributed by atoms with E-state index in [1.165, 1.54) is 38.3 Å². The first-order valence-corrected chi connectivity index (χ1v) is 7.50. The van der Waals surface area contributed by atoms with Gasteiger partial charge in [0.25, 0.3) is 5.91 Å². The molecule has 0 unspecified atom stereocenters. The second-order valence-corrected chi connectivity index (χ2v) is 5.42. The van der Waals surface area contributed by atoms with Crippen LogP contribution in [0.15, 0.2) is 36.4 Å². The maximum Gasteiger partial charge on any atom is 0.341 e. The summed E-state index contributed by atoms with van der Waals surface area (Å²) in [7, 11) is 1.36. The molecule has 8 heteroatoms. The fourth-order valence-electron chi connectivity index (χ4n) is 1.88. The topological polar surface area (TPSA) is 64.6 Å². The predicted molar refractivity (Wildman–Crippen MR) is 87.9 cm³/mol. The fraction of sp³-hybridized carbons (Fsp3) is 0.176. The van der Waals surface area contributed by atoms with E-state index in [4.69, 9.17) is 21.1 Å². The number of esters is 1. The second kappa shape index (κ2) is 7.94. The lowest BCUT2D eigenvalue weighted by Gasteiger charge is -2.14. The minimum atomic E-state index is -1.21. The number of carbonyl (C=O) groups is 2. The van der Waals surface area contributed by atoms with E-state index in [1.54, 1.807) is 0 Å². The highest BCUT2D eigenvalue weighted by atomic mass is 35.5. The van der Waals surface area contributed by atoms with E-state index in [0.29, 0.717) is 0 Å². The maximum absolute atomic E-state index is 13.8. The summed E-state index contributed by atoms with van der Waals surface area (Å²) in [6, 6.07) is 7.22. The molecule has 2 aromatic rings. The van der Waals surface area contributed by atoms with Crippen LogP contribution >= 0.6 is 11.6 Å². The van der Waals surface area contributed by atoms with E-state index < -0.39 is 29.6 Å². The molecule has 1 atom stereocenters. The Morgan fingerprint density at radius 3 is 2.44 bits per heavy atom. The molecule has 1 N–H and O–H groups in total. The highest BCUT2D eigenvalue weighted by molar-refractivity contribution is 6.31. The molecular formula is C17H14ClF2NO4. The average Bonchev–Trinajstić information content (AvgIpc) is 2.57. The average molecular weight is 370 g/mol. The number of amides is 1. The number of hydrogen-bond acceptors (Lipinski definition) is 4. The van der Waals surface area contributed by atoms with Crippen molar-refractivity contribution in [2.75, 3.05) is 12.4 Å². The van der Waals surface area contributed by atoms with Gasteiger partial charge in [-0.3, -0.25) is 4.79 Å². The van der Waals surface area contributed by atoms with Crippen molar-refractivity contribution in [2.45, 2.75) is 13.0 Å². The smallest absolute Gasteiger partial charge is 0.341 e. The van der Waals surface area contributed by atoms with Crippen molar-refractivity contribution in [1.29, 1.82) is 0 Å². The Bertz CT molecular complexity index is 813. The number of methoxy groups -OCH3 is 1. The van der Waals surface area contributed by atoms with Crippen LogP contribution in [-0.2, 0) is 9.53 Å². The van der Waals surface area contributed by atoms with Crippen LogP contribution in [-0.4, -0.2) is 25.1 Å². The standard InChI is InChI=1S/C17H14ClF2NO4/c1-9(16(22)21-10-3-6-14(19)13(18)7-10)25-17(23)12-5-4-11(24-2)8-15(12)20/h3-9H,1-2H3,(H,21,22)/t9-/m0/s1. The van der Waals surface area contributed by atoms with Gasteiger partial charge in [-0.15, -0.1) is 0 Å². The van der Waals surface area contributed by atoms with Gasteiger partial charge in [0.05, 0.1) is 17.7 Å². The summed E-state index contributed by atoms with van der Waals surface area (Å²) in [6.07, 6.45) is -1.21. The largest absolute Gasteiger partial charge is 0.497 e. The van der Waals surface area contributed by atoms with Crippen LogP contribution in [0.3, 0.4) is 0 Å². The van der Waals surface area contributed by atoms with E-state index in [2.05, 4.69) is 5.32 Å². The lowest BCUT2D eigenvalue weighted by Crippen LogP contribution is -2.30. The monoisotopic (exact) mass is 369 g/mol. The van der Waals surface area contributed by atoms with Crippen molar-refractivity contribution in [3.05, 3.63) is 58.6 Å². The zero-order valence-corrected chi connectivity index (χ0v) is 14.1. The molecular weight excluding hydrogens is 356 g/mol. The van der Waals surface area contributed by atoms with E-state index >= 15 is 0 Å². The van der Waals surface area contributed by atoms with Crippen molar-refractivity contribution in [3.63, 3.8) is 0 Å². The van der Waals surface area contributed by atoms with Gasteiger partial charge in [0.2, 0.25) is 0 Å². The zero-order chi connectivity index (χ0) is 18.6. The second-order valence-electron chi connectivity index (χ2n) is 5.01. The summed E-state index contributed by atoms with van der Waals surface area (Å²) in [5, 5.41) is 2.25. The van der Waals surface area contributed by atoms with Gasteiger partial charge in [-0.25, -0.2) is 13.6 Å². The van der Waals surface area contributed by atoms with Crippen LogP contribution in [0.1, 0.15) is 17.3 Å². The van der Waals surface area contributed by atoms with Gasteiger partial charge in [-0.1, -0.05) is 11.6 Å². The molecule has 0 spiro atoms. The van der Waals surface area contributed by atoms with Crippen molar-refractivity contribution < 1.29 is 27.8 Å². The number of nitrogens with one attached hydrogen (secondary N) is 1. The lowest BCUT2D eigenvalue weighted by molar-refractivity contribution is -0.123. The van der Waals surface area contributed by atoms with Crippen LogP contribution < -0.4 is 10.1 Å². The summed E-state index contributed by atoms with van der Waals surface area (Å²) < 4.78 is 36.7. The molecule has 0 aliphatic rings. The van der Waals surface area contributed by atoms with Crippen molar-refractivity contribution in [1.82, 2.24) is 0 Å². The maximum atomic E-state index is 13.8.